The van der Waals surface area contributed by atoms with Crippen LogP contribution in [0.5, 0.6) is 0 Å². The lowest BCUT2D eigenvalue weighted by Crippen LogP contribution is -2.06. The third-order valence-corrected chi connectivity index (χ3v) is 2.91. The zero-order chi connectivity index (χ0) is 8.69. The maximum atomic E-state index is 10.8. The Morgan fingerprint density at radius 3 is 2.64 bits per heavy atom. The van der Waals surface area contributed by atoms with Gasteiger partial charge < -0.3 is 4.74 Å². The summed E-state index contributed by atoms with van der Waals surface area (Å²) in [6.07, 6.45) is 2.63. The van der Waals surface area contributed by atoms with Crippen LogP contribution < -0.4 is 0 Å². The van der Waals surface area contributed by atoms with Crippen molar-refractivity contribution in [3.63, 3.8) is 0 Å². The molecule has 0 radical (unpaired) electrons. The topological polar surface area (TPSA) is 26.3 Å². The van der Waals surface area contributed by atoms with Crippen LogP contribution in [0.2, 0.25) is 0 Å². The van der Waals surface area contributed by atoms with Gasteiger partial charge in [-0.25, -0.2) is 0 Å². The first-order chi connectivity index (χ1) is 5.20. The van der Waals surface area contributed by atoms with Crippen molar-refractivity contribution in [3.8, 4) is 0 Å². The Morgan fingerprint density at radius 2 is 2.18 bits per heavy atom. The van der Waals surface area contributed by atoms with Crippen LogP contribution in [0.25, 0.3) is 0 Å². The van der Waals surface area contributed by atoms with Crippen LogP contribution >= 0.6 is 22.6 Å². The molecule has 0 aromatic carbocycles. The predicted octanol–water partition coefficient (Wildman–Crippen LogP) is 2.54. The Balaban J connectivity index is 3.30. The number of hydrogen-bond acceptors (Lipinski definition) is 2. The van der Waals surface area contributed by atoms with E-state index in [-0.39, 0.29) is 5.97 Å². The molecule has 1 unspecified atom stereocenters. The lowest BCUT2D eigenvalue weighted by Gasteiger charge is -2.05. The summed E-state index contributed by atoms with van der Waals surface area (Å²) in [6, 6.07) is 0. The molecule has 11 heavy (non-hydrogen) atoms. The van der Waals surface area contributed by atoms with Gasteiger partial charge in [0, 0.05) is 10.3 Å². The first kappa shape index (κ1) is 11.2. The predicted molar refractivity (Wildman–Crippen MR) is 54.0 cm³/mol. The van der Waals surface area contributed by atoms with Gasteiger partial charge >= 0.3 is 5.97 Å². The van der Waals surface area contributed by atoms with Crippen molar-refractivity contribution in [2.45, 2.75) is 37.0 Å². The van der Waals surface area contributed by atoms with E-state index in [1.165, 1.54) is 0 Å². The van der Waals surface area contributed by atoms with Crippen molar-refractivity contribution in [1.82, 2.24) is 0 Å². The number of rotatable bonds is 5. The quantitative estimate of drug-likeness (QED) is 0.436. The molecule has 0 bridgehead atoms. The van der Waals surface area contributed by atoms with Crippen LogP contribution in [0.4, 0.5) is 0 Å². The zero-order valence-electron chi connectivity index (χ0n) is 7.10. The molecular weight excluding hydrogens is 255 g/mol. The van der Waals surface area contributed by atoms with Gasteiger partial charge in [-0.2, -0.15) is 0 Å². The Morgan fingerprint density at radius 1 is 1.55 bits per heavy atom. The first-order valence-corrected chi connectivity index (χ1v) is 5.25. The van der Waals surface area contributed by atoms with E-state index in [1.807, 2.05) is 6.92 Å². The fraction of sp³-hybridized carbons (Fsp3) is 0.875. The summed E-state index contributed by atoms with van der Waals surface area (Å²) < 4.78 is 5.40. The summed E-state index contributed by atoms with van der Waals surface area (Å²) in [5.41, 5.74) is 0. The molecule has 0 aliphatic carbocycles. The van der Waals surface area contributed by atoms with Gasteiger partial charge in [0.1, 0.15) is 0 Å². The normalized spacial score (nSPS) is 12.6. The molecule has 0 fully saturated rings. The zero-order valence-corrected chi connectivity index (χ0v) is 9.26. The van der Waals surface area contributed by atoms with Crippen molar-refractivity contribution >= 4 is 28.6 Å². The fourth-order valence-corrected chi connectivity index (χ4v) is 1.02. The Hall–Kier alpha value is 0.200. The minimum Gasteiger partial charge on any atom is -0.466 e. The van der Waals surface area contributed by atoms with E-state index < -0.39 is 0 Å². The summed E-state index contributed by atoms with van der Waals surface area (Å²) in [5, 5.41) is 0. The average molecular weight is 270 g/mol. The maximum Gasteiger partial charge on any atom is 0.305 e. The van der Waals surface area contributed by atoms with Crippen molar-refractivity contribution in [2.75, 3.05) is 6.61 Å². The minimum atomic E-state index is -0.0670. The molecule has 0 rings (SSSR count). The number of carbonyl (C=O) groups is 1. The van der Waals surface area contributed by atoms with E-state index in [9.17, 15) is 4.79 Å². The van der Waals surface area contributed by atoms with Crippen molar-refractivity contribution in [2.24, 2.45) is 0 Å². The summed E-state index contributed by atoms with van der Waals surface area (Å²) in [4.78, 5) is 10.8. The molecule has 0 spiro atoms. The van der Waals surface area contributed by atoms with Crippen LogP contribution in [0.1, 0.15) is 33.1 Å². The molecule has 0 heterocycles. The maximum absolute atomic E-state index is 10.8. The molecule has 0 aromatic rings. The van der Waals surface area contributed by atoms with Gasteiger partial charge in [-0.1, -0.05) is 29.5 Å². The molecule has 66 valence electrons. The molecule has 2 nitrogen and oxygen atoms in total. The number of alkyl halides is 1. The van der Waals surface area contributed by atoms with Gasteiger partial charge in [-0.05, 0) is 19.8 Å². The molecule has 0 aliphatic heterocycles. The SMILES string of the molecule is CCOC(=O)CCC(I)CC. The molecule has 0 saturated heterocycles. The number of esters is 1. The summed E-state index contributed by atoms with van der Waals surface area (Å²) in [5.74, 6) is -0.0670. The van der Waals surface area contributed by atoms with E-state index in [1.54, 1.807) is 0 Å². The van der Waals surface area contributed by atoms with Crippen LogP contribution in [-0.4, -0.2) is 16.5 Å². The van der Waals surface area contributed by atoms with Crippen molar-refractivity contribution in [1.29, 1.82) is 0 Å². The third-order valence-electron chi connectivity index (χ3n) is 1.41. The Kier molecular flexibility index (Phi) is 7.01. The van der Waals surface area contributed by atoms with Crippen LogP contribution in [0.3, 0.4) is 0 Å². The van der Waals surface area contributed by atoms with Gasteiger partial charge in [-0.15, -0.1) is 0 Å². The van der Waals surface area contributed by atoms with Gasteiger partial charge in [0.15, 0.2) is 0 Å². The van der Waals surface area contributed by atoms with Gasteiger partial charge in [-0.3, -0.25) is 4.79 Å². The smallest absolute Gasteiger partial charge is 0.305 e. The Labute approximate surface area is 81.8 Å². The van der Waals surface area contributed by atoms with Gasteiger partial charge in [0.25, 0.3) is 0 Å². The molecule has 0 aromatic heterocycles. The minimum absolute atomic E-state index is 0.0670. The number of ether oxygens (including phenoxy) is 1. The van der Waals surface area contributed by atoms with E-state index >= 15 is 0 Å². The van der Waals surface area contributed by atoms with E-state index in [2.05, 4.69) is 29.5 Å². The highest BCUT2D eigenvalue weighted by atomic mass is 127. The van der Waals surface area contributed by atoms with Crippen molar-refractivity contribution < 1.29 is 9.53 Å². The average Bonchev–Trinajstić information content (AvgIpc) is 2.01. The fourth-order valence-electron chi connectivity index (χ4n) is 0.712. The monoisotopic (exact) mass is 270 g/mol. The van der Waals surface area contributed by atoms with Crippen LogP contribution in [0.15, 0.2) is 0 Å². The second-order valence-corrected chi connectivity index (χ2v) is 4.11. The largest absolute Gasteiger partial charge is 0.466 e. The lowest BCUT2D eigenvalue weighted by atomic mass is 10.2. The molecule has 1 atom stereocenters. The van der Waals surface area contributed by atoms with E-state index in [0.717, 1.165) is 12.8 Å². The summed E-state index contributed by atoms with van der Waals surface area (Å²) in [7, 11) is 0. The molecule has 3 heteroatoms. The highest BCUT2D eigenvalue weighted by molar-refractivity contribution is 14.1. The van der Waals surface area contributed by atoms with Crippen LogP contribution in [-0.2, 0) is 9.53 Å². The number of carbonyl (C=O) groups excluding carboxylic acids is 1. The summed E-state index contributed by atoms with van der Waals surface area (Å²) in [6.45, 7) is 4.46. The second-order valence-electron chi connectivity index (χ2n) is 2.35. The molecule has 0 aliphatic rings. The van der Waals surface area contributed by atoms with Crippen LogP contribution in [0, 0.1) is 0 Å². The number of halogens is 1. The standard InChI is InChI=1S/C8H15IO2/c1-3-7(9)5-6-8(10)11-4-2/h7H,3-6H2,1-2H3. The molecule has 0 amide bonds. The molecular formula is C8H15IO2. The molecule has 0 N–H and O–H groups in total. The highest BCUT2D eigenvalue weighted by Crippen LogP contribution is 2.12. The van der Waals surface area contributed by atoms with E-state index in [0.29, 0.717) is 17.0 Å². The lowest BCUT2D eigenvalue weighted by molar-refractivity contribution is -0.143. The van der Waals surface area contributed by atoms with Gasteiger partial charge in [0.2, 0.25) is 0 Å². The second kappa shape index (κ2) is 6.88. The third kappa shape index (κ3) is 6.59. The number of hydrogen-bond donors (Lipinski definition) is 0. The highest BCUT2D eigenvalue weighted by Gasteiger charge is 2.05. The van der Waals surface area contributed by atoms with Gasteiger partial charge in [0.05, 0.1) is 6.61 Å². The first-order valence-electron chi connectivity index (χ1n) is 4.00. The van der Waals surface area contributed by atoms with Crippen molar-refractivity contribution in [3.05, 3.63) is 0 Å². The summed E-state index contributed by atoms with van der Waals surface area (Å²) >= 11 is 2.36. The molecule has 0 saturated carbocycles. The Bertz CT molecular complexity index is 115. The van der Waals surface area contributed by atoms with E-state index in [4.69, 9.17) is 4.74 Å².